The van der Waals surface area contributed by atoms with Gasteiger partial charge in [-0.25, -0.2) is 8.78 Å². The number of carbonyl (C=O) groups is 2. The number of amides is 2. The number of benzene rings is 2. The zero-order chi connectivity index (χ0) is 31.4. The fraction of sp³-hybridized carbons (Fsp3) is 0.533. The third-order valence-corrected chi connectivity index (χ3v) is 8.81. The number of alkyl halides is 3. The maximum atomic E-state index is 15.0. The lowest BCUT2D eigenvalue weighted by molar-refractivity contribution is -0.138. The Morgan fingerprint density at radius 2 is 1.70 bits per heavy atom. The van der Waals surface area contributed by atoms with Crippen molar-refractivity contribution in [2.75, 3.05) is 75.7 Å². The molecule has 3 saturated heterocycles. The topological polar surface area (TPSA) is 71.2 Å². The van der Waals surface area contributed by atoms with Gasteiger partial charge in [0.25, 0.3) is 5.91 Å². The van der Waals surface area contributed by atoms with Gasteiger partial charge in [-0.1, -0.05) is 11.6 Å². The van der Waals surface area contributed by atoms with E-state index in [4.69, 9.17) is 11.6 Å². The van der Waals surface area contributed by atoms with Crippen LogP contribution in [0.25, 0.3) is 0 Å². The van der Waals surface area contributed by atoms with E-state index in [1.54, 1.807) is 23.1 Å². The lowest BCUT2D eigenvalue weighted by atomic mass is 10.0. The number of anilines is 2. The monoisotopic (exact) mass is 642 g/mol. The highest BCUT2D eigenvalue weighted by Crippen LogP contribution is 2.32. The first-order valence-corrected chi connectivity index (χ1v) is 15.2. The van der Waals surface area contributed by atoms with Gasteiger partial charge in [0.15, 0.2) is 11.6 Å². The lowest BCUT2D eigenvalue weighted by Crippen LogP contribution is -2.52. The average molecular weight is 643 g/mol. The van der Waals surface area contributed by atoms with Gasteiger partial charge in [0.05, 0.1) is 24.3 Å². The third kappa shape index (κ3) is 8.17. The SMILES string of the molecule is O=C(CN1CCN2CCCC2C1)NCc1c(C(=O)Nc2ccc(Cl)cc2N2CCN(CCC(F)(F)F)CC2)ccc(F)c1F. The molecule has 3 fully saturated rings. The fourth-order valence-corrected chi connectivity index (χ4v) is 6.35. The predicted molar refractivity (Wildman–Crippen MR) is 158 cm³/mol. The molecule has 240 valence electrons. The Labute approximate surface area is 258 Å². The second-order valence-corrected chi connectivity index (χ2v) is 12.0. The van der Waals surface area contributed by atoms with E-state index in [0.717, 1.165) is 45.1 Å². The van der Waals surface area contributed by atoms with Crippen molar-refractivity contribution in [1.82, 2.24) is 20.0 Å². The summed E-state index contributed by atoms with van der Waals surface area (Å²) < 4.78 is 67.2. The molecule has 44 heavy (non-hydrogen) atoms. The lowest BCUT2D eigenvalue weighted by Gasteiger charge is -2.37. The summed E-state index contributed by atoms with van der Waals surface area (Å²) in [5.41, 5.74) is 0.502. The Bertz CT molecular complexity index is 1350. The molecule has 8 nitrogen and oxygen atoms in total. The van der Waals surface area contributed by atoms with E-state index < -0.39 is 30.1 Å². The first-order chi connectivity index (χ1) is 21.0. The van der Waals surface area contributed by atoms with Crippen molar-refractivity contribution in [3.8, 4) is 0 Å². The predicted octanol–water partition coefficient (Wildman–Crippen LogP) is 4.34. The minimum absolute atomic E-state index is 0.0942. The quantitative estimate of drug-likeness (QED) is 0.397. The van der Waals surface area contributed by atoms with Gasteiger partial charge in [-0.2, -0.15) is 13.2 Å². The summed E-state index contributed by atoms with van der Waals surface area (Å²) in [7, 11) is 0. The van der Waals surface area contributed by atoms with E-state index in [1.807, 2.05) is 4.90 Å². The molecule has 3 aliphatic rings. The smallest absolute Gasteiger partial charge is 0.367 e. The van der Waals surface area contributed by atoms with Crippen LogP contribution in [0.1, 0.15) is 35.2 Å². The van der Waals surface area contributed by atoms with E-state index in [1.165, 1.54) is 6.07 Å². The van der Waals surface area contributed by atoms with Crippen LogP contribution in [-0.4, -0.2) is 104 Å². The summed E-state index contributed by atoms with van der Waals surface area (Å²) >= 11 is 6.24. The minimum atomic E-state index is -4.23. The van der Waals surface area contributed by atoms with Gasteiger partial charge < -0.3 is 15.5 Å². The number of nitrogens with zero attached hydrogens (tertiary/aromatic N) is 4. The van der Waals surface area contributed by atoms with Crippen molar-refractivity contribution in [3.05, 3.63) is 58.1 Å². The summed E-state index contributed by atoms with van der Waals surface area (Å²) in [6.45, 7) is 4.73. The van der Waals surface area contributed by atoms with E-state index in [0.29, 0.717) is 48.6 Å². The van der Waals surface area contributed by atoms with Crippen molar-refractivity contribution in [1.29, 1.82) is 0 Å². The van der Waals surface area contributed by atoms with Crippen molar-refractivity contribution in [2.45, 2.75) is 38.0 Å². The van der Waals surface area contributed by atoms with Crippen LogP contribution in [0, 0.1) is 11.6 Å². The number of hydrogen-bond acceptors (Lipinski definition) is 6. The van der Waals surface area contributed by atoms with Crippen LogP contribution in [0.3, 0.4) is 0 Å². The first kappa shape index (κ1) is 32.4. The van der Waals surface area contributed by atoms with Crippen LogP contribution in [0.5, 0.6) is 0 Å². The fourth-order valence-electron chi connectivity index (χ4n) is 6.18. The Morgan fingerprint density at radius 1 is 0.955 bits per heavy atom. The second-order valence-electron chi connectivity index (χ2n) is 11.5. The number of fused-ring (bicyclic) bond motifs is 1. The van der Waals surface area contributed by atoms with E-state index in [2.05, 4.69) is 20.4 Å². The van der Waals surface area contributed by atoms with E-state index in [-0.39, 0.29) is 36.7 Å². The number of rotatable bonds is 9. The molecule has 0 spiro atoms. The maximum absolute atomic E-state index is 15.0. The standard InChI is InChI=1S/C30H36ClF5N6O2/c31-20-3-6-25(26(16-20)42-14-10-39(11-15-42)9-7-30(34,35)36)38-29(44)22-4-5-24(32)28(33)23(22)17-37-27(43)19-40-12-13-41-8-1-2-21(41)18-40/h3-6,16,21H,1-2,7-15,17-19H2,(H,37,43)(H,38,44). The van der Waals surface area contributed by atoms with Crippen LogP contribution in [0.4, 0.5) is 33.3 Å². The summed E-state index contributed by atoms with van der Waals surface area (Å²) in [6.07, 6.45) is -2.87. The molecule has 2 aromatic carbocycles. The average Bonchev–Trinajstić information content (AvgIpc) is 3.45. The number of halogens is 6. The van der Waals surface area contributed by atoms with Crippen molar-refractivity contribution < 1.29 is 31.5 Å². The Kier molecular flexibility index (Phi) is 10.3. The van der Waals surface area contributed by atoms with Gasteiger partial charge >= 0.3 is 6.18 Å². The zero-order valence-corrected chi connectivity index (χ0v) is 25.0. The Hall–Kier alpha value is -3.00. The van der Waals surface area contributed by atoms with Crippen LogP contribution < -0.4 is 15.5 Å². The molecule has 3 heterocycles. The van der Waals surface area contributed by atoms with Crippen molar-refractivity contribution in [3.63, 3.8) is 0 Å². The molecule has 5 rings (SSSR count). The normalized spacial score (nSPS) is 20.0. The molecule has 1 atom stereocenters. The molecule has 2 aromatic rings. The Morgan fingerprint density at radius 3 is 2.45 bits per heavy atom. The molecule has 0 bridgehead atoms. The van der Waals surface area contributed by atoms with Crippen LogP contribution in [-0.2, 0) is 11.3 Å². The molecule has 2 N–H and O–H groups in total. The van der Waals surface area contributed by atoms with Crippen molar-refractivity contribution in [2.24, 2.45) is 0 Å². The molecular formula is C30H36ClF5N6O2. The van der Waals surface area contributed by atoms with Crippen LogP contribution >= 0.6 is 11.6 Å². The molecule has 0 aromatic heterocycles. The highest BCUT2D eigenvalue weighted by molar-refractivity contribution is 6.31. The highest BCUT2D eigenvalue weighted by atomic mass is 35.5. The number of hydrogen-bond donors (Lipinski definition) is 2. The minimum Gasteiger partial charge on any atom is -0.367 e. The molecule has 0 aliphatic carbocycles. The summed E-state index contributed by atoms with van der Waals surface area (Å²) in [4.78, 5) is 34.3. The Balaban J connectivity index is 1.23. The summed E-state index contributed by atoms with van der Waals surface area (Å²) in [5, 5.41) is 5.79. The van der Waals surface area contributed by atoms with Gasteiger partial charge in [0.1, 0.15) is 0 Å². The van der Waals surface area contributed by atoms with Gasteiger partial charge in [-0.05, 0) is 49.7 Å². The zero-order valence-electron chi connectivity index (χ0n) is 24.2. The van der Waals surface area contributed by atoms with E-state index in [9.17, 15) is 31.5 Å². The summed E-state index contributed by atoms with van der Waals surface area (Å²) in [5.74, 6) is -3.42. The van der Waals surface area contributed by atoms with Crippen molar-refractivity contribution >= 4 is 34.8 Å². The van der Waals surface area contributed by atoms with Gasteiger partial charge in [-0.15, -0.1) is 0 Å². The number of carbonyl (C=O) groups excluding carboxylic acids is 2. The molecule has 14 heteroatoms. The number of nitrogens with one attached hydrogen (secondary N) is 2. The number of piperazine rings is 2. The molecule has 0 saturated carbocycles. The molecule has 2 amide bonds. The molecule has 1 unspecified atom stereocenters. The van der Waals surface area contributed by atoms with Crippen LogP contribution in [0.2, 0.25) is 5.02 Å². The second kappa shape index (κ2) is 14.0. The molecule has 0 radical (unpaired) electrons. The highest BCUT2D eigenvalue weighted by Gasteiger charge is 2.32. The van der Waals surface area contributed by atoms with Crippen LogP contribution in [0.15, 0.2) is 30.3 Å². The maximum Gasteiger partial charge on any atom is 0.390 e. The van der Waals surface area contributed by atoms with Gasteiger partial charge in [0, 0.05) is 81.1 Å². The molecule has 3 aliphatic heterocycles. The third-order valence-electron chi connectivity index (χ3n) is 8.57. The van der Waals surface area contributed by atoms with Gasteiger partial charge in [0.2, 0.25) is 5.91 Å². The molecular weight excluding hydrogens is 607 g/mol. The first-order valence-electron chi connectivity index (χ1n) is 14.8. The summed E-state index contributed by atoms with van der Waals surface area (Å²) in [6, 6.07) is 7.25. The largest absolute Gasteiger partial charge is 0.390 e. The van der Waals surface area contributed by atoms with E-state index >= 15 is 0 Å². The van der Waals surface area contributed by atoms with Gasteiger partial charge in [-0.3, -0.25) is 24.3 Å².